The van der Waals surface area contributed by atoms with Gasteiger partial charge in [-0.3, -0.25) is 4.68 Å². The summed E-state index contributed by atoms with van der Waals surface area (Å²) in [4.78, 5) is 0. The van der Waals surface area contributed by atoms with E-state index in [0.29, 0.717) is 12.2 Å². The predicted octanol–water partition coefficient (Wildman–Crippen LogP) is 1.51. The Kier molecular flexibility index (Phi) is 4.02. The molecule has 1 aliphatic heterocycles. The molecule has 0 bridgehead atoms. The van der Waals surface area contributed by atoms with Crippen LogP contribution < -0.4 is 4.74 Å². The Balaban J connectivity index is 2.10. The maximum atomic E-state index is 10.3. The monoisotopic (exact) mass is 240 g/mol. The molecule has 0 saturated carbocycles. The standard InChI is InChI=1S/C12H20N2O3/c1-3-14-12(11(16-2)8-13-14)10(15)7-9-5-4-6-17-9/h8-10,15H,3-7H2,1-2H3. The molecule has 1 aliphatic rings. The quantitative estimate of drug-likeness (QED) is 0.847. The van der Waals surface area contributed by atoms with Gasteiger partial charge in [0.05, 0.1) is 19.4 Å². The van der Waals surface area contributed by atoms with Crippen LogP contribution in [0, 0.1) is 0 Å². The summed E-state index contributed by atoms with van der Waals surface area (Å²) in [6.07, 6.45) is 3.96. The molecule has 17 heavy (non-hydrogen) atoms. The van der Waals surface area contributed by atoms with Crippen molar-refractivity contribution >= 4 is 0 Å². The van der Waals surface area contributed by atoms with Gasteiger partial charge in [0.25, 0.3) is 0 Å². The fraction of sp³-hybridized carbons (Fsp3) is 0.750. The van der Waals surface area contributed by atoms with Crippen LogP contribution in [0.5, 0.6) is 5.75 Å². The van der Waals surface area contributed by atoms with E-state index < -0.39 is 6.10 Å². The number of aromatic nitrogens is 2. The van der Waals surface area contributed by atoms with E-state index in [1.165, 1.54) is 0 Å². The van der Waals surface area contributed by atoms with Crippen molar-refractivity contribution in [2.24, 2.45) is 0 Å². The average Bonchev–Trinajstić information content (AvgIpc) is 2.95. The van der Waals surface area contributed by atoms with E-state index in [2.05, 4.69) is 5.10 Å². The SMILES string of the molecule is CCn1ncc(OC)c1C(O)CC1CCCO1. The molecule has 5 nitrogen and oxygen atoms in total. The molecule has 2 atom stereocenters. The average molecular weight is 240 g/mol. The molecule has 0 amide bonds. The van der Waals surface area contributed by atoms with Crippen LogP contribution in [0.25, 0.3) is 0 Å². The van der Waals surface area contributed by atoms with Crippen LogP contribution in [-0.2, 0) is 11.3 Å². The van der Waals surface area contributed by atoms with Crippen LogP contribution in [0.3, 0.4) is 0 Å². The van der Waals surface area contributed by atoms with E-state index in [0.717, 1.165) is 31.7 Å². The Labute approximate surface area is 101 Å². The second-order valence-corrected chi connectivity index (χ2v) is 4.30. The van der Waals surface area contributed by atoms with Crippen LogP contribution >= 0.6 is 0 Å². The highest BCUT2D eigenvalue weighted by Gasteiger charge is 2.25. The zero-order chi connectivity index (χ0) is 12.3. The number of hydrogen-bond donors (Lipinski definition) is 1. The molecule has 0 radical (unpaired) electrons. The van der Waals surface area contributed by atoms with Gasteiger partial charge < -0.3 is 14.6 Å². The molecule has 96 valence electrons. The van der Waals surface area contributed by atoms with Crippen molar-refractivity contribution in [2.45, 2.75) is 44.9 Å². The van der Waals surface area contributed by atoms with Gasteiger partial charge in [-0.15, -0.1) is 0 Å². The first kappa shape index (κ1) is 12.4. The number of ether oxygens (including phenoxy) is 2. The smallest absolute Gasteiger partial charge is 0.162 e. The number of rotatable bonds is 5. The van der Waals surface area contributed by atoms with Crippen molar-refractivity contribution in [3.63, 3.8) is 0 Å². The van der Waals surface area contributed by atoms with Gasteiger partial charge in [-0.05, 0) is 19.8 Å². The Bertz CT molecular complexity index is 337. The third-order valence-electron chi connectivity index (χ3n) is 3.19. The third kappa shape index (κ3) is 2.61. The molecule has 2 unspecified atom stereocenters. The van der Waals surface area contributed by atoms with Gasteiger partial charge in [0, 0.05) is 19.6 Å². The summed E-state index contributed by atoms with van der Waals surface area (Å²) in [5.74, 6) is 0.650. The van der Waals surface area contributed by atoms with Crippen molar-refractivity contribution in [3.05, 3.63) is 11.9 Å². The van der Waals surface area contributed by atoms with Crippen molar-refractivity contribution in [2.75, 3.05) is 13.7 Å². The van der Waals surface area contributed by atoms with E-state index in [1.807, 2.05) is 6.92 Å². The lowest BCUT2D eigenvalue weighted by Crippen LogP contribution is -2.15. The van der Waals surface area contributed by atoms with E-state index in [-0.39, 0.29) is 6.10 Å². The molecule has 1 fully saturated rings. The van der Waals surface area contributed by atoms with E-state index >= 15 is 0 Å². The topological polar surface area (TPSA) is 56.5 Å². The summed E-state index contributed by atoms with van der Waals surface area (Å²) in [7, 11) is 1.60. The summed E-state index contributed by atoms with van der Waals surface area (Å²) in [6, 6.07) is 0. The van der Waals surface area contributed by atoms with Gasteiger partial charge in [-0.1, -0.05) is 0 Å². The third-order valence-corrected chi connectivity index (χ3v) is 3.19. The molecule has 1 aromatic heterocycles. The predicted molar refractivity (Wildman–Crippen MR) is 63.0 cm³/mol. The Hall–Kier alpha value is -1.07. The molecular weight excluding hydrogens is 220 g/mol. The molecule has 2 heterocycles. The molecule has 1 saturated heterocycles. The maximum absolute atomic E-state index is 10.3. The Morgan fingerprint density at radius 3 is 3.12 bits per heavy atom. The second kappa shape index (κ2) is 5.51. The van der Waals surface area contributed by atoms with Gasteiger partial charge in [0.1, 0.15) is 11.8 Å². The van der Waals surface area contributed by atoms with Crippen molar-refractivity contribution in [3.8, 4) is 5.75 Å². The molecular formula is C12H20N2O3. The highest BCUT2D eigenvalue weighted by molar-refractivity contribution is 5.27. The molecule has 1 aromatic rings. The summed E-state index contributed by atoms with van der Waals surface area (Å²) < 4.78 is 12.5. The zero-order valence-electron chi connectivity index (χ0n) is 10.4. The van der Waals surface area contributed by atoms with Crippen molar-refractivity contribution in [1.29, 1.82) is 0 Å². The fourth-order valence-corrected chi connectivity index (χ4v) is 2.31. The van der Waals surface area contributed by atoms with E-state index in [4.69, 9.17) is 9.47 Å². The number of aryl methyl sites for hydroxylation is 1. The number of hydrogen-bond acceptors (Lipinski definition) is 4. The number of aliphatic hydroxyl groups is 1. The fourth-order valence-electron chi connectivity index (χ4n) is 2.31. The van der Waals surface area contributed by atoms with Crippen LogP contribution in [0.4, 0.5) is 0 Å². The van der Waals surface area contributed by atoms with E-state index in [9.17, 15) is 5.11 Å². The molecule has 2 rings (SSSR count). The first-order chi connectivity index (χ1) is 8.26. The minimum Gasteiger partial charge on any atom is -0.493 e. The van der Waals surface area contributed by atoms with Gasteiger partial charge in [0.15, 0.2) is 5.75 Å². The lowest BCUT2D eigenvalue weighted by Gasteiger charge is -2.17. The highest BCUT2D eigenvalue weighted by atomic mass is 16.5. The molecule has 0 aromatic carbocycles. The van der Waals surface area contributed by atoms with E-state index in [1.54, 1.807) is 18.0 Å². The van der Waals surface area contributed by atoms with Crippen LogP contribution in [0.2, 0.25) is 0 Å². The first-order valence-corrected chi connectivity index (χ1v) is 6.15. The number of nitrogens with zero attached hydrogens (tertiary/aromatic N) is 2. The largest absolute Gasteiger partial charge is 0.493 e. The summed E-state index contributed by atoms with van der Waals surface area (Å²) in [6.45, 7) is 3.53. The lowest BCUT2D eigenvalue weighted by atomic mass is 10.1. The van der Waals surface area contributed by atoms with Crippen LogP contribution in [0.15, 0.2) is 6.20 Å². The van der Waals surface area contributed by atoms with Crippen molar-refractivity contribution < 1.29 is 14.6 Å². The van der Waals surface area contributed by atoms with Crippen molar-refractivity contribution in [1.82, 2.24) is 9.78 Å². The molecule has 5 heteroatoms. The highest BCUT2D eigenvalue weighted by Crippen LogP contribution is 2.30. The Morgan fingerprint density at radius 1 is 1.71 bits per heavy atom. The lowest BCUT2D eigenvalue weighted by molar-refractivity contribution is 0.0491. The van der Waals surface area contributed by atoms with Crippen LogP contribution in [-0.4, -0.2) is 34.7 Å². The first-order valence-electron chi connectivity index (χ1n) is 6.15. The van der Waals surface area contributed by atoms with Gasteiger partial charge in [-0.2, -0.15) is 5.10 Å². The normalized spacial score (nSPS) is 21.7. The molecule has 1 N–H and O–H groups in total. The molecule has 0 spiro atoms. The van der Waals surface area contributed by atoms with Gasteiger partial charge >= 0.3 is 0 Å². The summed E-state index contributed by atoms with van der Waals surface area (Å²) in [5.41, 5.74) is 0.755. The second-order valence-electron chi connectivity index (χ2n) is 4.30. The summed E-state index contributed by atoms with van der Waals surface area (Å²) >= 11 is 0. The van der Waals surface area contributed by atoms with Crippen LogP contribution in [0.1, 0.15) is 38.0 Å². The Morgan fingerprint density at radius 2 is 2.53 bits per heavy atom. The minimum atomic E-state index is -0.574. The molecule has 0 aliphatic carbocycles. The maximum Gasteiger partial charge on any atom is 0.162 e. The minimum absolute atomic E-state index is 0.162. The van der Waals surface area contributed by atoms with Gasteiger partial charge in [-0.25, -0.2) is 0 Å². The zero-order valence-corrected chi connectivity index (χ0v) is 10.4. The number of methoxy groups -OCH3 is 1. The number of aliphatic hydroxyl groups excluding tert-OH is 1. The van der Waals surface area contributed by atoms with Gasteiger partial charge in [0.2, 0.25) is 0 Å². The summed E-state index contributed by atoms with van der Waals surface area (Å²) in [5, 5.41) is 14.5.